The number of hydrogen-bond acceptors (Lipinski definition) is 4. The summed E-state index contributed by atoms with van der Waals surface area (Å²) in [6.45, 7) is 0.455. The molecule has 1 atom stereocenters. The summed E-state index contributed by atoms with van der Waals surface area (Å²) in [6.07, 6.45) is 4.34. The molecule has 1 aliphatic heterocycles. The van der Waals surface area contributed by atoms with Gasteiger partial charge in [-0.15, -0.1) is 0 Å². The van der Waals surface area contributed by atoms with Gasteiger partial charge in [-0.2, -0.15) is 5.10 Å². The molecule has 4 aromatic rings. The zero-order valence-corrected chi connectivity index (χ0v) is 20.3. The Bertz CT molecular complexity index is 1360. The van der Waals surface area contributed by atoms with Crippen LogP contribution in [-0.2, 0) is 6.61 Å². The third-order valence-electron chi connectivity index (χ3n) is 7.31. The number of aromatic amines is 1. The second-order valence-electron chi connectivity index (χ2n) is 9.46. The summed E-state index contributed by atoms with van der Waals surface area (Å²) in [5.41, 5.74) is 5.44. The average Bonchev–Trinajstić information content (AvgIpc) is 3.66. The number of benzene rings is 3. The summed E-state index contributed by atoms with van der Waals surface area (Å²) in [4.78, 5) is 15.8. The fourth-order valence-corrected chi connectivity index (χ4v) is 5.58. The van der Waals surface area contributed by atoms with Crippen molar-refractivity contribution in [3.63, 3.8) is 0 Å². The van der Waals surface area contributed by atoms with Gasteiger partial charge in [0.05, 0.1) is 18.8 Å². The van der Waals surface area contributed by atoms with Gasteiger partial charge in [0.1, 0.15) is 12.3 Å². The van der Waals surface area contributed by atoms with Crippen LogP contribution < -0.4 is 9.47 Å². The summed E-state index contributed by atoms with van der Waals surface area (Å²) in [5, 5.41) is 7.66. The Hall–Kier alpha value is -4.06. The summed E-state index contributed by atoms with van der Waals surface area (Å²) in [7, 11) is 1.65. The molecule has 0 spiro atoms. The number of carbonyl (C=O) groups is 1. The van der Waals surface area contributed by atoms with Crippen molar-refractivity contribution < 1.29 is 14.3 Å². The van der Waals surface area contributed by atoms with E-state index in [0.29, 0.717) is 23.8 Å². The van der Waals surface area contributed by atoms with E-state index in [1.54, 1.807) is 7.11 Å². The highest BCUT2D eigenvalue weighted by Crippen LogP contribution is 2.47. The molecule has 6 nitrogen and oxygen atoms in total. The minimum Gasteiger partial charge on any atom is -0.493 e. The van der Waals surface area contributed by atoms with Crippen LogP contribution >= 0.6 is 0 Å². The number of methoxy groups -OCH3 is 1. The molecule has 3 aromatic carbocycles. The van der Waals surface area contributed by atoms with Gasteiger partial charge in [0.15, 0.2) is 11.5 Å². The number of nitrogens with one attached hydrogen (secondary N) is 1. The highest BCUT2D eigenvalue weighted by atomic mass is 16.5. The number of ether oxygens (including phenoxy) is 2. The molecule has 2 aliphatic rings. The fraction of sp³-hybridized carbons (Fsp3) is 0.267. The SMILES string of the molecule is COc1cc(C2c3c(-c4ccccc4)n[nH]c3C(=O)N2C2CCCC2)ccc1OCc1ccccc1. The van der Waals surface area contributed by atoms with Crippen LogP contribution in [0, 0.1) is 0 Å². The zero-order valence-electron chi connectivity index (χ0n) is 20.3. The van der Waals surface area contributed by atoms with Gasteiger partial charge in [0, 0.05) is 17.2 Å². The van der Waals surface area contributed by atoms with Crippen LogP contribution in [0.2, 0.25) is 0 Å². The standard InChI is InChI=1S/C30H29N3O3/c1-35-25-18-22(16-17-24(25)36-19-20-10-4-2-5-11-20)29-26-27(21-12-6-3-7-13-21)31-32-28(26)30(34)33(29)23-14-8-9-15-23/h2-7,10-13,16-18,23,29H,8-9,14-15,19H2,1H3,(H,31,32). The molecule has 1 aromatic heterocycles. The molecule has 6 rings (SSSR count). The van der Waals surface area contributed by atoms with Crippen LogP contribution in [0.25, 0.3) is 11.3 Å². The minimum absolute atomic E-state index is 0.0277. The third kappa shape index (κ3) is 3.92. The largest absolute Gasteiger partial charge is 0.493 e. The van der Waals surface area contributed by atoms with Crippen LogP contribution in [-0.4, -0.2) is 34.2 Å². The zero-order chi connectivity index (χ0) is 24.5. The molecular formula is C30H29N3O3. The monoisotopic (exact) mass is 479 g/mol. The maximum atomic E-state index is 13.7. The van der Waals surface area contributed by atoms with E-state index in [-0.39, 0.29) is 18.0 Å². The number of rotatable bonds is 7. The Balaban J connectivity index is 1.40. The number of amides is 1. The lowest BCUT2D eigenvalue weighted by Crippen LogP contribution is -2.37. The molecule has 182 valence electrons. The van der Waals surface area contributed by atoms with Crippen molar-refractivity contribution in [1.29, 1.82) is 0 Å². The number of carbonyl (C=O) groups excluding carboxylic acids is 1. The Kier molecular flexibility index (Phi) is 5.93. The summed E-state index contributed by atoms with van der Waals surface area (Å²) in [6, 6.07) is 26.1. The molecule has 1 aliphatic carbocycles. The highest BCUT2D eigenvalue weighted by Gasteiger charge is 2.45. The second kappa shape index (κ2) is 9.53. The maximum absolute atomic E-state index is 13.7. The number of fused-ring (bicyclic) bond motifs is 1. The molecule has 1 saturated carbocycles. The first kappa shape index (κ1) is 22.4. The van der Waals surface area contributed by atoms with E-state index in [1.807, 2.05) is 72.8 Å². The van der Waals surface area contributed by atoms with Crippen LogP contribution in [0.15, 0.2) is 78.9 Å². The van der Waals surface area contributed by atoms with Gasteiger partial charge in [0.2, 0.25) is 0 Å². The van der Waals surface area contributed by atoms with E-state index in [4.69, 9.17) is 9.47 Å². The number of H-pyrrole nitrogens is 1. The number of hydrogen-bond donors (Lipinski definition) is 1. The van der Waals surface area contributed by atoms with Crippen molar-refractivity contribution >= 4 is 5.91 Å². The predicted octanol–water partition coefficient (Wildman–Crippen LogP) is 6.15. The summed E-state index contributed by atoms with van der Waals surface area (Å²) >= 11 is 0. The van der Waals surface area contributed by atoms with Crippen LogP contribution in [0.5, 0.6) is 11.5 Å². The van der Waals surface area contributed by atoms with E-state index in [2.05, 4.69) is 21.2 Å². The van der Waals surface area contributed by atoms with Crippen molar-refractivity contribution in [2.45, 2.75) is 44.4 Å². The van der Waals surface area contributed by atoms with Crippen LogP contribution in [0.3, 0.4) is 0 Å². The van der Waals surface area contributed by atoms with Crippen LogP contribution in [0.1, 0.15) is 58.9 Å². The highest BCUT2D eigenvalue weighted by molar-refractivity contribution is 6.00. The smallest absolute Gasteiger partial charge is 0.273 e. The van der Waals surface area contributed by atoms with Gasteiger partial charge in [-0.05, 0) is 36.1 Å². The van der Waals surface area contributed by atoms with Gasteiger partial charge < -0.3 is 14.4 Å². The van der Waals surface area contributed by atoms with E-state index in [9.17, 15) is 4.79 Å². The fourth-order valence-electron chi connectivity index (χ4n) is 5.58. The minimum atomic E-state index is -0.235. The number of aromatic nitrogens is 2. The summed E-state index contributed by atoms with van der Waals surface area (Å²) < 4.78 is 11.9. The van der Waals surface area contributed by atoms with Crippen molar-refractivity contribution in [2.24, 2.45) is 0 Å². The normalized spacial score (nSPS) is 17.4. The molecule has 1 amide bonds. The predicted molar refractivity (Wildman–Crippen MR) is 138 cm³/mol. The lowest BCUT2D eigenvalue weighted by molar-refractivity contribution is 0.0660. The molecule has 36 heavy (non-hydrogen) atoms. The Morgan fingerprint density at radius 3 is 2.39 bits per heavy atom. The average molecular weight is 480 g/mol. The Labute approximate surface area is 210 Å². The molecule has 1 unspecified atom stereocenters. The van der Waals surface area contributed by atoms with Gasteiger partial charge in [-0.25, -0.2) is 0 Å². The topological polar surface area (TPSA) is 67.5 Å². The first-order valence-electron chi connectivity index (χ1n) is 12.6. The first-order valence-corrected chi connectivity index (χ1v) is 12.6. The lowest BCUT2D eigenvalue weighted by Gasteiger charge is -2.32. The molecular weight excluding hydrogens is 450 g/mol. The second-order valence-corrected chi connectivity index (χ2v) is 9.46. The summed E-state index contributed by atoms with van der Waals surface area (Å²) in [5.74, 6) is 1.36. The van der Waals surface area contributed by atoms with E-state index in [0.717, 1.165) is 53.6 Å². The van der Waals surface area contributed by atoms with Crippen molar-refractivity contribution in [3.8, 4) is 22.8 Å². The lowest BCUT2D eigenvalue weighted by atomic mass is 9.95. The quantitative estimate of drug-likeness (QED) is 0.345. The number of nitrogens with zero attached hydrogens (tertiary/aromatic N) is 2. The molecule has 0 saturated heterocycles. The molecule has 0 bridgehead atoms. The van der Waals surface area contributed by atoms with Crippen molar-refractivity contribution in [3.05, 3.63) is 101 Å². The van der Waals surface area contributed by atoms with Gasteiger partial charge >= 0.3 is 0 Å². The Morgan fingerprint density at radius 1 is 0.944 bits per heavy atom. The van der Waals surface area contributed by atoms with Gasteiger partial charge in [0.25, 0.3) is 5.91 Å². The Morgan fingerprint density at radius 2 is 1.67 bits per heavy atom. The van der Waals surface area contributed by atoms with Gasteiger partial charge in [-0.1, -0.05) is 79.6 Å². The molecule has 1 N–H and O–H groups in total. The van der Waals surface area contributed by atoms with E-state index < -0.39 is 0 Å². The van der Waals surface area contributed by atoms with Gasteiger partial charge in [-0.3, -0.25) is 9.89 Å². The molecule has 6 heteroatoms. The maximum Gasteiger partial charge on any atom is 0.273 e. The van der Waals surface area contributed by atoms with E-state index >= 15 is 0 Å². The van der Waals surface area contributed by atoms with Crippen molar-refractivity contribution in [1.82, 2.24) is 15.1 Å². The molecule has 0 radical (unpaired) electrons. The molecule has 1 fully saturated rings. The van der Waals surface area contributed by atoms with E-state index in [1.165, 1.54) is 0 Å². The first-order chi connectivity index (χ1) is 17.7. The molecule has 2 heterocycles. The van der Waals surface area contributed by atoms with Crippen LogP contribution in [0.4, 0.5) is 0 Å². The third-order valence-corrected chi connectivity index (χ3v) is 7.31. The van der Waals surface area contributed by atoms with Crippen molar-refractivity contribution in [2.75, 3.05) is 7.11 Å².